The van der Waals surface area contributed by atoms with E-state index in [0.29, 0.717) is 11.6 Å². The van der Waals surface area contributed by atoms with Crippen molar-refractivity contribution in [2.75, 3.05) is 5.43 Å². The van der Waals surface area contributed by atoms with Crippen molar-refractivity contribution in [1.82, 2.24) is 10.3 Å². The van der Waals surface area contributed by atoms with Gasteiger partial charge in [-0.2, -0.15) is 0 Å². The van der Waals surface area contributed by atoms with Crippen LogP contribution in [-0.4, -0.2) is 16.5 Å². The van der Waals surface area contributed by atoms with E-state index in [4.69, 9.17) is 29.6 Å². The number of allylic oxidation sites excluding steroid dienone is 1. The molecule has 1 unspecified atom stereocenters. The Hall–Kier alpha value is -2.08. The van der Waals surface area contributed by atoms with E-state index in [9.17, 15) is 0 Å². The van der Waals surface area contributed by atoms with Gasteiger partial charge in [0.05, 0.1) is 11.4 Å². The van der Waals surface area contributed by atoms with Gasteiger partial charge in [-0.05, 0) is 24.6 Å². The third kappa shape index (κ3) is 3.24. The Kier molecular flexibility index (Phi) is 5.04. The van der Waals surface area contributed by atoms with Gasteiger partial charge >= 0.3 is 0 Å². The number of thiocarbonyl (C=S) groups is 1. The summed E-state index contributed by atoms with van der Waals surface area (Å²) in [5.41, 5.74) is 14.1. The third-order valence-electron chi connectivity index (χ3n) is 3.94. The van der Waals surface area contributed by atoms with Crippen molar-refractivity contribution < 1.29 is 0 Å². The van der Waals surface area contributed by atoms with Gasteiger partial charge in [0.2, 0.25) is 0 Å². The standard InChI is InChI=1S/C18H19ClN4S/c1-12-18(13-5-3-2-4-6-13)23(17(11-24)21-12)22-15-8-7-14(10-20)16(19)9-15/h2-9,11,17,21-22H,10,20H2,1H3. The predicted octanol–water partition coefficient (Wildman–Crippen LogP) is 3.75. The molecule has 2 aromatic carbocycles. The summed E-state index contributed by atoms with van der Waals surface area (Å²) in [7, 11) is 0. The quantitative estimate of drug-likeness (QED) is 0.711. The van der Waals surface area contributed by atoms with Crippen LogP contribution in [0.15, 0.2) is 54.2 Å². The molecule has 1 aliphatic heterocycles. The summed E-state index contributed by atoms with van der Waals surface area (Å²) in [5.74, 6) is 0. The number of halogens is 1. The van der Waals surface area contributed by atoms with E-state index < -0.39 is 0 Å². The molecule has 4 nitrogen and oxygen atoms in total. The van der Waals surface area contributed by atoms with Crippen LogP contribution in [0.5, 0.6) is 0 Å². The van der Waals surface area contributed by atoms with E-state index in [1.807, 2.05) is 48.3 Å². The molecule has 0 aromatic heterocycles. The maximum atomic E-state index is 6.27. The van der Waals surface area contributed by atoms with Crippen LogP contribution in [0.25, 0.3) is 5.70 Å². The topological polar surface area (TPSA) is 53.3 Å². The molecule has 0 radical (unpaired) electrons. The number of hydrazine groups is 1. The minimum Gasteiger partial charge on any atom is -0.362 e. The van der Waals surface area contributed by atoms with Crippen molar-refractivity contribution in [2.45, 2.75) is 19.6 Å². The fraction of sp³-hybridized carbons (Fsp3) is 0.167. The Balaban J connectivity index is 1.94. The fourth-order valence-corrected chi connectivity index (χ4v) is 3.22. The number of nitrogens with two attached hydrogens (primary N) is 1. The molecule has 0 amide bonds. The number of hydrogen-bond acceptors (Lipinski definition) is 5. The van der Waals surface area contributed by atoms with Gasteiger partial charge in [0, 0.05) is 28.2 Å². The van der Waals surface area contributed by atoms with Crippen LogP contribution in [0, 0.1) is 0 Å². The summed E-state index contributed by atoms with van der Waals surface area (Å²) in [6.07, 6.45) is -0.122. The van der Waals surface area contributed by atoms with Crippen LogP contribution in [0.2, 0.25) is 5.02 Å². The Morgan fingerprint density at radius 3 is 2.67 bits per heavy atom. The first-order chi connectivity index (χ1) is 11.6. The maximum absolute atomic E-state index is 6.27. The predicted molar refractivity (Wildman–Crippen MR) is 104 cm³/mol. The minimum absolute atomic E-state index is 0.122. The van der Waals surface area contributed by atoms with Gasteiger partial charge in [0.1, 0.15) is 6.17 Å². The van der Waals surface area contributed by atoms with E-state index in [2.05, 4.69) is 22.9 Å². The molecule has 0 aliphatic carbocycles. The van der Waals surface area contributed by atoms with Gasteiger partial charge in [-0.15, -0.1) is 0 Å². The molecule has 0 fully saturated rings. The molecule has 0 saturated carbocycles. The molecular weight excluding hydrogens is 340 g/mol. The molecule has 2 aromatic rings. The summed E-state index contributed by atoms with van der Waals surface area (Å²) < 4.78 is 0. The Bertz CT molecular complexity index is 776. The molecule has 124 valence electrons. The number of benzene rings is 2. The molecule has 1 aliphatic rings. The van der Waals surface area contributed by atoms with Crippen LogP contribution in [0.3, 0.4) is 0 Å². The third-order valence-corrected chi connectivity index (χ3v) is 4.55. The van der Waals surface area contributed by atoms with Gasteiger partial charge in [0.25, 0.3) is 0 Å². The molecule has 0 saturated heterocycles. The Morgan fingerprint density at radius 1 is 1.29 bits per heavy atom. The number of nitrogens with one attached hydrogen (secondary N) is 2. The van der Waals surface area contributed by atoms with E-state index in [1.54, 1.807) is 5.37 Å². The lowest BCUT2D eigenvalue weighted by molar-refractivity contribution is 0.428. The molecule has 1 heterocycles. The van der Waals surface area contributed by atoms with Crippen molar-refractivity contribution in [3.8, 4) is 0 Å². The van der Waals surface area contributed by atoms with Gasteiger partial charge in [-0.1, -0.05) is 60.2 Å². The molecule has 4 N–H and O–H groups in total. The van der Waals surface area contributed by atoms with Gasteiger partial charge in [-0.25, -0.2) is 0 Å². The van der Waals surface area contributed by atoms with Crippen LogP contribution >= 0.6 is 23.8 Å². The monoisotopic (exact) mass is 358 g/mol. The molecule has 0 spiro atoms. The zero-order valence-electron chi connectivity index (χ0n) is 13.3. The van der Waals surface area contributed by atoms with E-state index in [1.165, 1.54) is 0 Å². The SMILES string of the molecule is CC1=C(c2ccccc2)N(Nc2ccc(CN)c(Cl)c2)C(C=S)N1. The van der Waals surface area contributed by atoms with Gasteiger partial charge in [-0.3, -0.25) is 10.4 Å². The minimum atomic E-state index is -0.122. The lowest BCUT2D eigenvalue weighted by Gasteiger charge is -2.28. The van der Waals surface area contributed by atoms with Crippen LogP contribution in [-0.2, 0) is 6.54 Å². The highest BCUT2D eigenvalue weighted by molar-refractivity contribution is 7.79. The van der Waals surface area contributed by atoms with E-state index in [0.717, 1.165) is 28.2 Å². The second-order valence-electron chi connectivity index (χ2n) is 5.56. The molecule has 1 atom stereocenters. The zero-order chi connectivity index (χ0) is 17.1. The highest BCUT2D eigenvalue weighted by Crippen LogP contribution is 2.30. The van der Waals surface area contributed by atoms with Crippen molar-refractivity contribution in [3.05, 3.63) is 70.4 Å². The molecule has 6 heteroatoms. The summed E-state index contributed by atoms with van der Waals surface area (Å²) in [6.45, 7) is 2.46. The van der Waals surface area contributed by atoms with Gasteiger partial charge < -0.3 is 11.1 Å². The fourth-order valence-electron chi connectivity index (χ4n) is 2.77. The lowest BCUT2D eigenvalue weighted by Crippen LogP contribution is -2.41. The summed E-state index contributed by atoms with van der Waals surface area (Å²) in [4.78, 5) is 0. The maximum Gasteiger partial charge on any atom is 0.148 e. The van der Waals surface area contributed by atoms with E-state index in [-0.39, 0.29) is 6.17 Å². The average molecular weight is 359 g/mol. The average Bonchev–Trinajstić information content (AvgIpc) is 2.91. The van der Waals surface area contributed by atoms with Crippen LogP contribution in [0.1, 0.15) is 18.1 Å². The lowest BCUT2D eigenvalue weighted by atomic mass is 10.1. The van der Waals surface area contributed by atoms with Crippen LogP contribution in [0.4, 0.5) is 5.69 Å². The first-order valence-electron chi connectivity index (χ1n) is 7.66. The second kappa shape index (κ2) is 7.21. The van der Waals surface area contributed by atoms with Crippen molar-refractivity contribution in [1.29, 1.82) is 0 Å². The van der Waals surface area contributed by atoms with Crippen LogP contribution < -0.4 is 16.5 Å². The highest BCUT2D eigenvalue weighted by Gasteiger charge is 2.29. The normalized spacial score (nSPS) is 17.0. The largest absolute Gasteiger partial charge is 0.362 e. The molecular formula is C18H19ClN4S. The highest BCUT2D eigenvalue weighted by atomic mass is 35.5. The van der Waals surface area contributed by atoms with Crippen molar-refractivity contribution in [2.24, 2.45) is 5.73 Å². The number of anilines is 1. The summed E-state index contributed by atoms with van der Waals surface area (Å²) >= 11 is 11.5. The summed E-state index contributed by atoms with van der Waals surface area (Å²) in [6, 6.07) is 16.0. The number of nitrogens with zero attached hydrogens (tertiary/aromatic N) is 1. The van der Waals surface area contributed by atoms with Crippen molar-refractivity contribution >= 4 is 40.6 Å². The molecule has 3 rings (SSSR count). The van der Waals surface area contributed by atoms with Gasteiger partial charge in [0.15, 0.2) is 0 Å². The number of rotatable bonds is 5. The Morgan fingerprint density at radius 2 is 2.04 bits per heavy atom. The number of hydrogen-bond donors (Lipinski definition) is 3. The zero-order valence-corrected chi connectivity index (χ0v) is 14.9. The smallest absolute Gasteiger partial charge is 0.148 e. The molecule has 0 bridgehead atoms. The summed E-state index contributed by atoms with van der Waals surface area (Å²) in [5, 5.41) is 7.75. The van der Waals surface area contributed by atoms with Crippen molar-refractivity contribution in [3.63, 3.8) is 0 Å². The first-order valence-corrected chi connectivity index (χ1v) is 8.51. The molecule has 24 heavy (non-hydrogen) atoms. The Labute approximate surface area is 152 Å². The first kappa shape index (κ1) is 16.8. The second-order valence-corrected chi connectivity index (χ2v) is 6.24. The van der Waals surface area contributed by atoms with E-state index >= 15 is 0 Å².